The van der Waals surface area contributed by atoms with Crippen molar-refractivity contribution >= 4 is 11.6 Å². The molecule has 0 aliphatic carbocycles. The van der Waals surface area contributed by atoms with Crippen LogP contribution in [0.25, 0.3) is 0 Å². The first-order valence-corrected chi connectivity index (χ1v) is 5.84. The molecular weight excluding hydrogens is 236 g/mol. The lowest BCUT2D eigenvalue weighted by Crippen LogP contribution is -1.94. The van der Waals surface area contributed by atoms with E-state index in [1.54, 1.807) is 12.4 Å². The van der Waals surface area contributed by atoms with Crippen molar-refractivity contribution in [3.05, 3.63) is 47.3 Å². The Morgan fingerprint density at radius 1 is 1.18 bits per heavy atom. The number of nitrogens with zero attached hydrogens (tertiary/aromatic N) is 2. The van der Waals surface area contributed by atoms with Gasteiger partial charge in [-0.3, -0.25) is 0 Å². The minimum absolute atomic E-state index is 0.339. The lowest BCUT2D eigenvalue weighted by atomic mass is 10.1. The van der Waals surface area contributed by atoms with Crippen molar-refractivity contribution in [1.82, 2.24) is 9.97 Å². The molecule has 0 saturated heterocycles. The molecular formula is C13H13ClN2O. The van der Waals surface area contributed by atoms with Gasteiger partial charge in [-0.05, 0) is 25.5 Å². The van der Waals surface area contributed by atoms with Gasteiger partial charge in [0.1, 0.15) is 5.75 Å². The smallest absolute Gasteiger partial charge is 0.321 e. The van der Waals surface area contributed by atoms with Crippen LogP contribution in [0.4, 0.5) is 0 Å². The van der Waals surface area contributed by atoms with Gasteiger partial charge in [-0.1, -0.05) is 17.7 Å². The fourth-order valence-electron chi connectivity index (χ4n) is 1.48. The van der Waals surface area contributed by atoms with Crippen LogP contribution in [0.15, 0.2) is 30.6 Å². The molecule has 0 bridgehead atoms. The summed E-state index contributed by atoms with van der Waals surface area (Å²) in [6.07, 6.45) is 3.33. The highest BCUT2D eigenvalue weighted by Gasteiger charge is 2.03. The van der Waals surface area contributed by atoms with E-state index in [1.165, 1.54) is 5.56 Å². The van der Waals surface area contributed by atoms with Crippen LogP contribution < -0.4 is 4.74 Å². The summed E-state index contributed by atoms with van der Waals surface area (Å²) < 4.78 is 5.60. The first-order valence-electron chi connectivity index (χ1n) is 5.31. The third kappa shape index (κ3) is 2.94. The summed E-state index contributed by atoms with van der Waals surface area (Å²) in [5.74, 6) is 1.18. The van der Waals surface area contributed by atoms with E-state index in [9.17, 15) is 0 Å². The zero-order valence-electron chi connectivity index (χ0n) is 9.77. The number of rotatable bonds is 3. The van der Waals surface area contributed by atoms with Crippen LogP contribution in [0.3, 0.4) is 0 Å². The summed E-state index contributed by atoms with van der Waals surface area (Å²) in [6, 6.07) is 6.31. The molecule has 1 heterocycles. The SMILES string of the molecule is Cc1ccc(Oc2ncc(CCl)cn2)c(C)c1. The summed E-state index contributed by atoms with van der Waals surface area (Å²) in [5, 5.41) is 0. The highest BCUT2D eigenvalue weighted by Crippen LogP contribution is 2.23. The number of hydrogen-bond acceptors (Lipinski definition) is 3. The van der Waals surface area contributed by atoms with Crippen LogP contribution in [0.1, 0.15) is 16.7 Å². The number of halogens is 1. The Balaban J connectivity index is 2.19. The van der Waals surface area contributed by atoms with Gasteiger partial charge >= 0.3 is 6.01 Å². The molecule has 1 aromatic heterocycles. The van der Waals surface area contributed by atoms with E-state index in [0.717, 1.165) is 16.9 Å². The van der Waals surface area contributed by atoms with E-state index in [1.807, 2.05) is 26.0 Å². The second-order valence-corrected chi connectivity index (χ2v) is 4.15. The summed E-state index contributed by atoms with van der Waals surface area (Å²) in [6.45, 7) is 4.04. The fourth-order valence-corrected chi connectivity index (χ4v) is 1.61. The number of hydrogen-bond donors (Lipinski definition) is 0. The van der Waals surface area contributed by atoms with E-state index in [4.69, 9.17) is 16.3 Å². The molecule has 1 aromatic carbocycles. The fraction of sp³-hybridized carbons (Fsp3) is 0.231. The maximum atomic E-state index is 5.66. The van der Waals surface area contributed by atoms with Gasteiger partial charge in [-0.25, -0.2) is 9.97 Å². The van der Waals surface area contributed by atoms with Gasteiger partial charge in [-0.15, -0.1) is 11.6 Å². The number of benzene rings is 1. The zero-order valence-corrected chi connectivity index (χ0v) is 10.5. The van der Waals surface area contributed by atoms with Gasteiger partial charge in [-0.2, -0.15) is 0 Å². The largest absolute Gasteiger partial charge is 0.424 e. The Morgan fingerprint density at radius 3 is 2.47 bits per heavy atom. The molecule has 0 aliphatic heterocycles. The van der Waals surface area contributed by atoms with Crippen LogP contribution in [0.2, 0.25) is 0 Å². The summed E-state index contributed by atoms with van der Waals surface area (Å²) >= 11 is 5.66. The van der Waals surface area contributed by atoms with Crippen molar-refractivity contribution in [2.75, 3.05) is 0 Å². The number of aryl methyl sites for hydroxylation is 2. The maximum Gasteiger partial charge on any atom is 0.321 e. The van der Waals surface area contributed by atoms with E-state index in [2.05, 4.69) is 16.0 Å². The van der Waals surface area contributed by atoms with E-state index >= 15 is 0 Å². The average Bonchev–Trinajstić information content (AvgIpc) is 2.34. The molecule has 88 valence electrons. The molecule has 4 heteroatoms. The van der Waals surface area contributed by atoms with E-state index < -0.39 is 0 Å². The summed E-state index contributed by atoms with van der Waals surface area (Å²) in [4.78, 5) is 8.18. The van der Waals surface area contributed by atoms with Crippen molar-refractivity contribution in [3.8, 4) is 11.8 Å². The van der Waals surface area contributed by atoms with Gasteiger partial charge in [0, 0.05) is 18.0 Å². The standard InChI is InChI=1S/C13H13ClN2O/c1-9-3-4-12(10(2)5-9)17-13-15-7-11(6-14)8-16-13/h3-5,7-8H,6H2,1-2H3. The summed E-state index contributed by atoms with van der Waals surface area (Å²) in [5.41, 5.74) is 3.14. The Kier molecular flexibility index (Phi) is 3.59. The molecule has 0 unspecified atom stereocenters. The highest BCUT2D eigenvalue weighted by molar-refractivity contribution is 6.17. The molecule has 3 nitrogen and oxygen atoms in total. The Morgan fingerprint density at radius 2 is 1.88 bits per heavy atom. The van der Waals surface area contributed by atoms with Gasteiger partial charge in [0.25, 0.3) is 0 Å². The first-order chi connectivity index (χ1) is 8.19. The van der Waals surface area contributed by atoms with Gasteiger partial charge in [0.2, 0.25) is 0 Å². The molecule has 0 saturated carbocycles. The van der Waals surface area contributed by atoms with E-state index in [0.29, 0.717) is 11.9 Å². The monoisotopic (exact) mass is 248 g/mol. The maximum absolute atomic E-state index is 5.66. The number of alkyl halides is 1. The molecule has 2 aromatic rings. The Bertz CT molecular complexity index is 511. The van der Waals surface area contributed by atoms with Crippen LogP contribution in [0, 0.1) is 13.8 Å². The predicted molar refractivity (Wildman–Crippen MR) is 67.6 cm³/mol. The molecule has 0 aliphatic rings. The van der Waals surface area contributed by atoms with Crippen LogP contribution >= 0.6 is 11.6 Å². The van der Waals surface area contributed by atoms with Gasteiger partial charge in [0.15, 0.2) is 0 Å². The lowest BCUT2D eigenvalue weighted by Gasteiger charge is -2.07. The second kappa shape index (κ2) is 5.15. The molecule has 0 atom stereocenters. The molecule has 2 rings (SSSR count). The number of ether oxygens (including phenoxy) is 1. The van der Waals surface area contributed by atoms with Crippen molar-refractivity contribution < 1.29 is 4.74 Å². The Labute approximate surface area is 105 Å². The van der Waals surface area contributed by atoms with Crippen molar-refractivity contribution in [3.63, 3.8) is 0 Å². The van der Waals surface area contributed by atoms with Crippen molar-refractivity contribution in [2.24, 2.45) is 0 Å². The van der Waals surface area contributed by atoms with Crippen molar-refractivity contribution in [2.45, 2.75) is 19.7 Å². The molecule has 0 fully saturated rings. The molecule has 0 amide bonds. The minimum Gasteiger partial charge on any atom is -0.424 e. The molecule has 0 radical (unpaired) electrons. The second-order valence-electron chi connectivity index (χ2n) is 3.88. The quantitative estimate of drug-likeness (QED) is 0.778. The molecule has 0 N–H and O–H groups in total. The van der Waals surface area contributed by atoms with Crippen LogP contribution in [0.5, 0.6) is 11.8 Å². The third-order valence-corrected chi connectivity index (χ3v) is 2.68. The Hall–Kier alpha value is -1.61. The van der Waals surface area contributed by atoms with Gasteiger partial charge < -0.3 is 4.74 Å². The van der Waals surface area contributed by atoms with Crippen molar-refractivity contribution in [1.29, 1.82) is 0 Å². The summed E-state index contributed by atoms with van der Waals surface area (Å²) in [7, 11) is 0. The van der Waals surface area contributed by atoms with Crippen LogP contribution in [-0.4, -0.2) is 9.97 Å². The number of aromatic nitrogens is 2. The van der Waals surface area contributed by atoms with E-state index in [-0.39, 0.29) is 0 Å². The highest BCUT2D eigenvalue weighted by atomic mass is 35.5. The molecule has 0 spiro atoms. The minimum atomic E-state index is 0.339. The van der Waals surface area contributed by atoms with Crippen LogP contribution in [-0.2, 0) is 5.88 Å². The first kappa shape index (κ1) is 11.9. The topological polar surface area (TPSA) is 35.0 Å². The third-order valence-electron chi connectivity index (χ3n) is 2.37. The average molecular weight is 249 g/mol. The van der Waals surface area contributed by atoms with Gasteiger partial charge in [0.05, 0.1) is 5.88 Å². The zero-order chi connectivity index (χ0) is 12.3. The predicted octanol–water partition coefficient (Wildman–Crippen LogP) is 3.62. The molecule has 17 heavy (non-hydrogen) atoms. The normalized spacial score (nSPS) is 10.3. The lowest BCUT2D eigenvalue weighted by molar-refractivity contribution is 0.438.